The SMILES string of the molecule is COc1ccc(CN(C(=O)c2ccc(NC3CC3)c([N+](=O)[O-])c2)C(C)C2CC2)cc1. The highest BCUT2D eigenvalue weighted by Crippen LogP contribution is 2.37. The van der Waals surface area contributed by atoms with Gasteiger partial charge in [-0.3, -0.25) is 14.9 Å². The summed E-state index contributed by atoms with van der Waals surface area (Å²) in [6.07, 6.45) is 4.26. The molecule has 7 heteroatoms. The molecule has 2 aliphatic carbocycles. The number of hydrogen-bond acceptors (Lipinski definition) is 5. The number of amides is 1. The molecule has 30 heavy (non-hydrogen) atoms. The van der Waals surface area contributed by atoms with Crippen LogP contribution in [0, 0.1) is 16.0 Å². The molecule has 2 fully saturated rings. The average Bonchev–Trinajstić information content (AvgIpc) is 3.66. The van der Waals surface area contributed by atoms with Gasteiger partial charge in [0.25, 0.3) is 11.6 Å². The van der Waals surface area contributed by atoms with Gasteiger partial charge in [0, 0.05) is 30.3 Å². The molecule has 2 aliphatic rings. The van der Waals surface area contributed by atoms with Crippen LogP contribution in [0.3, 0.4) is 0 Å². The maximum Gasteiger partial charge on any atom is 0.293 e. The van der Waals surface area contributed by atoms with E-state index >= 15 is 0 Å². The van der Waals surface area contributed by atoms with Gasteiger partial charge < -0.3 is 15.0 Å². The molecule has 1 unspecified atom stereocenters. The lowest BCUT2D eigenvalue weighted by atomic mass is 10.1. The number of nitrogens with one attached hydrogen (secondary N) is 1. The van der Waals surface area contributed by atoms with E-state index in [9.17, 15) is 14.9 Å². The number of hydrogen-bond donors (Lipinski definition) is 1. The Hall–Kier alpha value is -3.09. The summed E-state index contributed by atoms with van der Waals surface area (Å²) in [7, 11) is 1.62. The van der Waals surface area contributed by atoms with Crippen LogP contribution in [-0.2, 0) is 6.54 Å². The molecule has 4 rings (SSSR count). The molecule has 0 aliphatic heterocycles. The van der Waals surface area contributed by atoms with E-state index in [0.717, 1.165) is 37.0 Å². The van der Waals surface area contributed by atoms with Crippen LogP contribution in [0.2, 0.25) is 0 Å². The molecular formula is C23H27N3O4. The van der Waals surface area contributed by atoms with Gasteiger partial charge in [-0.1, -0.05) is 12.1 Å². The van der Waals surface area contributed by atoms with Crippen molar-refractivity contribution in [3.8, 4) is 5.75 Å². The van der Waals surface area contributed by atoms with Gasteiger partial charge in [0.1, 0.15) is 11.4 Å². The number of nitro benzene ring substituents is 1. The number of nitro groups is 1. The lowest BCUT2D eigenvalue weighted by Gasteiger charge is -2.30. The average molecular weight is 409 g/mol. The largest absolute Gasteiger partial charge is 0.497 e. The van der Waals surface area contributed by atoms with Gasteiger partial charge in [-0.15, -0.1) is 0 Å². The normalized spacial score (nSPS) is 16.6. The first-order valence-corrected chi connectivity index (χ1v) is 10.4. The number of nitrogens with zero attached hydrogens (tertiary/aromatic N) is 2. The summed E-state index contributed by atoms with van der Waals surface area (Å²) in [5.74, 6) is 1.07. The van der Waals surface area contributed by atoms with Crippen LogP contribution in [0.4, 0.5) is 11.4 Å². The van der Waals surface area contributed by atoms with Gasteiger partial charge in [0.2, 0.25) is 0 Å². The standard InChI is InChI=1S/C23H27N3O4/c1-15(17-5-6-17)25(14-16-3-10-20(30-2)11-4-16)23(27)18-7-12-21(24-19-8-9-19)22(13-18)26(28)29/h3-4,7,10-13,15,17,19,24H,5-6,8-9,14H2,1-2H3. The van der Waals surface area contributed by atoms with E-state index in [1.54, 1.807) is 19.2 Å². The van der Waals surface area contributed by atoms with Crippen LogP contribution < -0.4 is 10.1 Å². The summed E-state index contributed by atoms with van der Waals surface area (Å²) in [5.41, 5.74) is 1.79. The number of carbonyl (C=O) groups excluding carboxylic acids is 1. The zero-order valence-corrected chi connectivity index (χ0v) is 17.3. The highest BCUT2D eigenvalue weighted by atomic mass is 16.6. The minimum Gasteiger partial charge on any atom is -0.497 e. The summed E-state index contributed by atoms with van der Waals surface area (Å²) in [6, 6.07) is 12.8. The van der Waals surface area contributed by atoms with E-state index in [0.29, 0.717) is 29.8 Å². The Morgan fingerprint density at radius 1 is 1.20 bits per heavy atom. The van der Waals surface area contributed by atoms with Crippen molar-refractivity contribution in [3.63, 3.8) is 0 Å². The Bertz CT molecular complexity index is 936. The number of methoxy groups -OCH3 is 1. The number of rotatable bonds is 9. The van der Waals surface area contributed by atoms with Crippen LogP contribution in [0.5, 0.6) is 5.75 Å². The highest BCUT2D eigenvalue weighted by molar-refractivity contribution is 5.96. The van der Waals surface area contributed by atoms with Crippen LogP contribution >= 0.6 is 0 Å². The number of benzene rings is 2. The van der Waals surface area contributed by atoms with E-state index < -0.39 is 4.92 Å². The molecule has 2 aromatic carbocycles. The van der Waals surface area contributed by atoms with Crippen LogP contribution in [-0.4, -0.2) is 34.9 Å². The van der Waals surface area contributed by atoms with Crippen LogP contribution in [0.1, 0.15) is 48.5 Å². The number of ether oxygens (including phenoxy) is 1. The van der Waals surface area contributed by atoms with Gasteiger partial charge >= 0.3 is 0 Å². The maximum absolute atomic E-state index is 13.4. The predicted octanol–water partition coefficient (Wildman–Crippen LogP) is 4.62. The molecule has 0 saturated heterocycles. The van der Waals surface area contributed by atoms with E-state index in [1.165, 1.54) is 6.07 Å². The third kappa shape index (κ3) is 4.56. The van der Waals surface area contributed by atoms with Gasteiger partial charge in [-0.2, -0.15) is 0 Å². The maximum atomic E-state index is 13.4. The van der Waals surface area contributed by atoms with Gasteiger partial charge in [0.15, 0.2) is 0 Å². The summed E-state index contributed by atoms with van der Waals surface area (Å²) in [5, 5.41) is 14.8. The number of carbonyl (C=O) groups is 1. The second-order valence-corrected chi connectivity index (χ2v) is 8.27. The molecule has 7 nitrogen and oxygen atoms in total. The zero-order chi connectivity index (χ0) is 21.3. The van der Waals surface area contributed by atoms with E-state index in [4.69, 9.17) is 4.74 Å². The van der Waals surface area contributed by atoms with Gasteiger partial charge in [0.05, 0.1) is 12.0 Å². The zero-order valence-electron chi connectivity index (χ0n) is 17.3. The molecule has 0 heterocycles. The van der Waals surface area contributed by atoms with Gasteiger partial charge in [-0.05, 0) is 68.4 Å². The second kappa shape index (κ2) is 8.34. The van der Waals surface area contributed by atoms with E-state index in [2.05, 4.69) is 12.2 Å². The van der Waals surface area contributed by atoms with Crippen molar-refractivity contribution >= 4 is 17.3 Å². The van der Waals surface area contributed by atoms with Crippen LogP contribution in [0.25, 0.3) is 0 Å². The first kappa shape index (κ1) is 20.2. The molecule has 0 radical (unpaired) electrons. The monoisotopic (exact) mass is 409 g/mol. The fraction of sp³-hybridized carbons (Fsp3) is 0.435. The van der Waals surface area contributed by atoms with E-state index in [-0.39, 0.29) is 17.6 Å². The molecule has 0 aromatic heterocycles. The quantitative estimate of drug-likeness (QED) is 0.483. The molecule has 2 aromatic rings. The fourth-order valence-corrected chi connectivity index (χ4v) is 3.71. The van der Waals surface area contributed by atoms with Gasteiger partial charge in [-0.25, -0.2) is 0 Å². The van der Waals surface area contributed by atoms with Crippen LogP contribution in [0.15, 0.2) is 42.5 Å². The topological polar surface area (TPSA) is 84.7 Å². The van der Waals surface area contributed by atoms with Crippen molar-refractivity contribution in [2.45, 2.75) is 51.2 Å². The summed E-state index contributed by atoms with van der Waals surface area (Å²) < 4.78 is 5.21. The Labute approximate surface area is 176 Å². The minimum atomic E-state index is -0.417. The highest BCUT2D eigenvalue weighted by Gasteiger charge is 2.35. The van der Waals surface area contributed by atoms with Crippen molar-refractivity contribution in [3.05, 3.63) is 63.7 Å². The molecule has 2 saturated carbocycles. The molecule has 1 amide bonds. The Kier molecular flexibility index (Phi) is 5.61. The minimum absolute atomic E-state index is 0.0452. The van der Waals surface area contributed by atoms with Crippen molar-refractivity contribution < 1.29 is 14.5 Å². The number of anilines is 1. The third-order valence-corrected chi connectivity index (χ3v) is 5.95. The third-order valence-electron chi connectivity index (χ3n) is 5.95. The molecular weight excluding hydrogens is 382 g/mol. The Balaban J connectivity index is 1.60. The van der Waals surface area contributed by atoms with Crippen molar-refractivity contribution in [1.82, 2.24) is 4.90 Å². The predicted molar refractivity (Wildman–Crippen MR) is 115 cm³/mol. The van der Waals surface area contributed by atoms with Crippen molar-refractivity contribution in [2.75, 3.05) is 12.4 Å². The smallest absolute Gasteiger partial charge is 0.293 e. The second-order valence-electron chi connectivity index (χ2n) is 8.27. The molecule has 1 N–H and O–H groups in total. The first-order chi connectivity index (χ1) is 14.5. The van der Waals surface area contributed by atoms with E-state index in [1.807, 2.05) is 29.2 Å². The molecule has 158 valence electrons. The lowest BCUT2D eigenvalue weighted by molar-refractivity contribution is -0.384. The van der Waals surface area contributed by atoms with Crippen molar-refractivity contribution in [1.29, 1.82) is 0 Å². The molecule has 1 atom stereocenters. The Morgan fingerprint density at radius 3 is 2.47 bits per heavy atom. The molecule has 0 spiro atoms. The van der Waals surface area contributed by atoms with Crippen molar-refractivity contribution in [2.24, 2.45) is 5.92 Å². The summed E-state index contributed by atoms with van der Waals surface area (Å²) in [6.45, 7) is 2.52. The summed E-state index contributed by atoms with van der Waals surface area (Å²) in [4.78, 5) is 26.4. The first-order valence-electron chi connectivity index (χ1n) is 10.4. The Morgan fingerprint density at radius 2 is 1.90 bits per heavy atom. The lowest BCUT2D eigenvalue weighted by Crippen LogP contribution is -2.39. The molecule has 0 bridgehead atoms. The summed E-state index contributed by atoms with van der Waals surface area (Å²) >= 11 is 0. The fourth-order valence-electron chi connectivity index (χ4n) is 3.71.